The quantitative estimate of drug-likeness (QED) is 0.865. The van der Waals surface area contributed by atoms with Gasteiger partial charge in [0.1, 0.15) is 6.54 Å². The van der Waals surface area contributed by atoms with E-state index in [2.05, 4.69) is 10.2 Å². The third-order valence-electron chi connectivity index (χ3n) is 3.75. The minimum absolute atomic E-state index is 0.0524. The van der Waals surface area contributed by atoms with E-state index in [0.29, 0.717) is 38.1 Å². The summed E-state index contributed by atoms with van der Waals surface area (Å²) in [7, 11) is 1.73. The van der Waals surface area contributed by atoms with Crippen molar-refractivity contribution in [1.82, 2.24) is 20.0 Å². The monoisotopic (exact) mass is 316 g/mol. The number of aromatic nitrogens is 2. The highest BCUT2D eigenvalue weighted by Gasteiger charge is 2.22. The first-order chi connectivity index (χ1) is 11.1. The molecule has 122 valence electrons. The molecule has 7 nitrogen and oxygen atoms in total. The summed E-state index contributed by atoms with van der Waals surface area (Å²) in [5, 5.41) is 8.08. The van der Waals surface area contributed by atoms with E-state index in [1.54, 1.807) is 16.8 Å². The van der Waals surface area contributed by atoms with Crippen molar-refractivity contribution in [2.24, 2.45) is 0 Å². The maximum absolute atomic E-state index is 12.3. The summed E-state index contributed by atoms with van der Waals surface area (Å²) < 4.78 is 10.9. The first-order valence-electron chi connectivity index (χ1n) is 7.60. The first-order valence-corrected chi connectivity index (χ1v) is 7.60. The van der Waals surface area contributed by atoms with Gasteiger partial charge in [-0.05, 0) is 19.1 Å². The van der Waals surface area contributed by atoms with Gasteiger partial charge in [0.05, 0.1) is 13.2 Å². The molecule has 1 aromatic carbocycles. The molecule has 2 heterocycles. The van der Waals surface area contributed by atoms with Crippen LogP contribution >= 0.6 is 0 Å². The van der Waals surface area contributed by atoms with Crippen molar-refractivity contribution in [2.75, 3.05) is 33.4 Å². The van der Waals surface area contributed by atoms with Gasteiger partial charge in [0.25, 0.3) is 0 Å². The van der Waals surface area contributed by atoms with Crippen LogP contribution in [-0.4, -0.2) is 59.4 Å². The molecule has 0 N–H and O–H groups in total. The number of hydrogen-bond donors (Lipinski definition) is 0. The highest BCUT2D eigenvalue weighted by Crippen LogP contribution is 2.19. The zero-order chi connectivity index (χ0) is 16.2. The van der Waals surface area contributed by atoms with E-state index >= 15 is 0 Å². The van der Waals surface area contributed by atoms with Gasteiger partial charge in [0.15, 0.2) is 0 Å². The van der Waals surface area contributed by atoms with E-state index in [-0.39, 0.29) is 12.6 Å². The second-order valence-electron chi connectivity index (χ2n) is 5.61. The highest BCUT2D eigenvalue weighted by molar-refractivity contribution is 5.74. The summed E-state index contributed by atoms with van der Waals surface area (Å²) in [5.74, 6) is 0.886. The lowest BCUT2D eigenvalue weighted by molar-refractivity contribution is 0.0442. The molecule has 0 bridgehead atoms. The number of rotatable bonds is 3. The number of amides is 2. The van der Waals surface area contributed by atoms with Gasteiger partial charge >= 0.3 is 6.03 Å². The fourth-order valence-electron chi connectivity index (χ4n) is 2.40. The Morgan fingerprint density at radius 2 is 1.91 bits per heavy atom. The fourth-order valence-corrected chi connectivity index (χ4v) is 2.40. The van der Waals surface area contributed by atoms with Crippen LogP contribution in [0.25, 0.3) is 11.5 Å². The predicted molar refractivity (Wildman–Crippen MR) is 83.7 cm³/mol. The molecule has 0 atom stereocenters. The molecule has 1 aliphatic heterocycles. The molecule has 7 heteroatoms. The van der Waals surface area contributed by atoms with E-state index in [9.17, 15) is 4.79 Å². The Kier molecular flexibility index (Phi) is 4.57. The minimum Gasteiger partial charge on any atom is -0.419 e. The van der Waals surface area contributed by atoms with Crippen molar-refractivity contribution >= 4 is 6.03 Å². The van der Waals surface area contributed by atoms with Gasteiger partial charge in [-0.15, -0.1) is 10.2 Å². The molecule has 3 rings (SSSR count). The molecule has 1 aliphatic rings. The van der Waals surface area contributed by atoms with Crippen LogP contribution in [0.4, 0.5) is 4.79 Å². The zero-order valence-corrected chi connectivity index (χ0v) is 13.4. The normalized spacial score (nSPS) is 14.8. The Morgan fingerprint density at radius 3 is 2.61 bits per heavy atom. The largest absolute Gasteiger partial charge is 0.419 e. The Bertz CT molecular complexity index is 662. The van der Waals surface area contributed by atoms with E-state index in [0.717, 1.165) is 5.56 Å². The molecule has 0 unspecified atom stereocenters. The number of hydrogen-bond acceptors (Lipinski definition) is 5. The fraction of sp³-hybridized carbons (Fsp3) is 0.438. The van der Waals surface area contributed by atoms with Crippen LogP contribution in [0.2, 0.25) is 0 Å². The second-order valence-corrected chi connectivity index (χ2v) is 5.61. The van der Waals surface area contributed by atoms with E-state index in [1.165, 1.54) is 5.56 Å². The summed E-state index contributed by atoms with van der Waals surface area (Å²) in [4.78, 5) is 15.7. The minimum atomic E-state index is -0.0524. The number of carbonyl (C=O) groups is 1. The lowest BCUT2D eigenvalue weighted by Gasteiger charge is -2.30. The molecule has 1 saturated heterocycles. The molecule has 1 aromatic heterocycles. The SMILES string of the molecule is Cc1ccc(-c2nnc(CN(C)C(=O)N3CCOCC3)o2)cc1. The van der Waals surface area contributed by atoms with Gasteiger partial charge in [-0.25, -0.2) is 4.79 Å². The van der Waals surface area contributed by atoms with Crippen LogP contribution in [0.3, 0.4) is 0 Å². The molecule has 2 aromatic rings. The molecule has 2 amide bonds. The zero-order valence-electron chi connectivity index (χ0n) is 13.4. The lowest BCUT2D eigenvalue weighted by Crippen LogP contribution is -2.46. The Labute approximate surface area is 134 Å². The van der Waals surface area contributed by atoms with Gasteiger partial charge in [-0.1, -0.05) is 17.7 Å². The molecule has 0 saturated carbocycles. The van der Waals surface area contributed by atoms with Crippen LogP contribution in [0.5, 0.6) is 0 Å². The summed E-state index contributed by atoms with van der Waals surface area (Å²) >= 11 is 0. The predicted octanol–water partition coefficient (Wildman–Crippen LogP) is 1.93. The van der Waals surface area contributed by atoms with Crippen molar-refractivity contribution in [2.45, 2.75) is 13.5 Å². The molecular weight excluding hydrogens is 296 g/mol. The number of ether oxygens (including phenoxy) is 1. The Balaban J connectivity index is 1.64. The average Bonchev–Trinajstić information content (AvgIpc) is 3.04. The molecule has 1 fully saturated rings. The van der Waals surface area contributed by atoms with Crippen LogP contribution < -0.4 is 0 Å². The molecular formula is C16H20N4O3. The average molecular weight is 316 g/mol. The number of carbonyl (C=O) groups excluding carboxylic acids is 1. The van der Waals surface area contributed by atoms with Crippen molar-refractivity contribution in [3.8, 4) is 11.5 Å². The third kappa shape index (κ3) is 3.68. The summed E-state index contributed by atoms with van der Waals surface area (Å²) in [6.45, 7) is 4.70. The molecule has 23 heavy (non-hydrogen) atoms. The summed E-state index contributed by atoms with van der Waals surface area (Å²) in [6.07, 6.45) is 0. The first kappa shape index (κ1) is 15.5. The van der Waals surface area contributed by atoms with E-state index in [1.807, 2.05) is 31.2 Å². The number of urea groups is 1. The van der Waals surface area contributed by atoms with E-state index < -0.39 is 0 Å². The molecule has 0 spiro atoms. The van der Waals surface area contributed by atoms with Crippen molar-refractivity contribution in [1.29, 1.82) is 0 Å². The molecule has 0 radical (unpaired) electrons. The smallest absolute Gasteiger partial charge is 0.320 e. The van der Waals surface area contributed by atoms with Crippen molar-refractivity contribution in [3.63, 3.8) is 0 Å². The number of benzene rings is 1. The van der Waals surface area contributed by atoms with Gasteiger partial charge in [-0.2, -0.15) is 0 Å². The van der Waals surface area contributed by atoms with Gasteiger partial charge in [-0.3, -0.25) is 0 Å². The maximum Gasteiger partial charge on any atom is 0.320 e. The summed E-state index contributed by atoms with van der Waals surface area (Å²) in [5.41, 5.74) is 2.04. The standard InChI is InChI=1S/C16H20N4O3/c1-12-3-5-13(6-4-12)15-18-17-14(23-15)11-19(2)16(21)20-7-9-22-10-8-20/h3-6H,7-11H2,1-2H3. The highest BCUT2D eigenvalue weighted by atomic mass is 16.5. The number of morpholine rings is 1. The van der Waals surface area contributed by atoms with Crippen molar-refractivity contribution in [3.05, 3.63) is 35.7 Å². The van der Waals surface area contributed by atoms with Crippen LogP contribution in [-0.2, 0) is 11.3 Å². The second kappa shape index (κ2) is 6.78. The Hall–Kier alpha value is -2.41. The summed E-state index contributed by atoms with van der Waals surface area (Å²) in [6, 6.07) is 7.81. The molecule has 0 aliphatic carbocycles. The van der Waals surface area contributed by atoms with Crippen molar-refractivity contribution < 1.29 is 13.9 Å². The Morgan fingerprint density at radius 1 is 1.22 bits per heavy atom. The topological polar surface area (TPSA) is 71.7 Å². The van der Waals surface area contributed by atoms with Crippen LogP contribution in [0, 0.1) is 6.92 Å². The third-order valence-corrected chi connectivity index (χ3v) is 3.75. The van der Waals surface area contributed by atoms with Gasteiger partial charge in [0, 0.05) is 25.7 Å². The van der Waals surface area contributed by atoms with E-state index in [4.69, 9.17) is 9.15 Å². The lowest BCUT2D eigenvalue weighted by atomic mass is 10.1. The maximum atomic E-state index is 12.3. The van der Waals surface area contributed by atoms with Crippen LogP contribution in [0.1, 0.15) is 11.5 Å². The van der Waals surface area contributed by atoms with Crippen LogP contribution in [0.15, 0.2) is 28.7 Å². The van der Waals surface area contributed by atoms with Gasteiger partial charge < -0.3 is 19.0 Å². The van der Waals surface area contributed by atoms with Gasteiger partial charge in [0.2, 0.25) is 11.8 Å². The number of nitrogens with zero attached hydrogens (tertiary/aromatic N) is 4. The number of aryl methyl sites for hydroxylation is 1.